The summed E-state index contributed by atoms with van der Waals surface area (Å²) in [5.41, 5.74) is 0. The fraction of sp³-hybridized carbons (Fsp3) is 0.882. The van der Waals surface area contributed by atoms with E-state index in [0.29, 0.717) is 34.9 Å². The Morgan fingerprint density at radius 1 is 0.386 bits per heavy atom. The van der Waals surface area contributed by atoms with Gasteiger partial charge in [-0.3, -0.25) is 18.1 Å². The van der Waals surface area contributed by atoms with Crippen LogP contribution in [-0.4, -0.2) is 72.6 Å². The van der Waals surface area contributed by atoms with Gasteiger partial charge in [0.15, 0.2) is 24.8 Å². The molecule has 44 heavy (non-hydrogen) atoms. The lowest BCUT2D eigenvalue weighted by Gasteiger charge is -2.39. The van der Waals surface area contributed by atoms with E-state index in [1.807, 2.05) is 0 Å². The second-order valence-electron chi connectivity index (χ2n) is 13.3. The first kappa shape index (κ1) is 41.2. The summed E-state index contributed by atoms with van der Waals surface area (Å²) in [5.74, 6) is -0.501. The van der Waals surface area contributed by atoms with Crippen molar-refractivity contribution in [2.45, 2.75) is 155 Å². The van der Waals surface area contributed by atoms with Gasteiger partial charge < -0.3 is 0 Å². The average Bonchev–Trinajstić information content (AvgIpc) is 2.95. The van der Waals surface area contributed by atoms with E-state index < -0.39 is 20.2 Å². The number of hydrogen-bond donors (Lipinski definition) is 2. The van der Waals surface area contributed by atoms with Crippen molar-refractivity contribution >= 4 is 20.2 Å². The summed E-state index contributed by atoms with van der Waals surface area (Å²) in [5, 5.41) is 0. The van der Waals surface area contributed by atoms with Crippen LogP contribution in [0.3, 0.4) is 0 Å². The minimum Gasteiger partial charge on any atom is -0.286 e. The van der Waals surface area contributed by atoms with Crippen LogP contribution in [0.15, 0.2) is 24.8 Å². The lowest BCUT2D eigenvalue weighted by Crippen LogP contribution is -2.48. The fourth-order valence-corrected chi connectivity index (χ4v) is 7.31. The van der Waals surface area contributed by atoms with Gasteiger partial charge in [-0.2, -0.15) is 16.8 Å². The lowest BCUT2D eigenvalue weighted by molar-refractivity contribution is -0.884. The Morgan fingerprint density at radius 2 is 0.614 bits per heavy atom. The summed E-state index contributed by atoms with van der Waals surface area (Å²) in [7, 11) is -8.03. The van der Waals surface area contributed by atoms with Gasteiger partial charge in [0.2, 0.25) is 0 Å². The van der Waals surface area contributed by atoms with Gasteiger partial charge in [0.25, 0.3) is 20.2 Å². The number of rotatable bonds is 30. The van der Waals surface area contributed by atoms with Crippen LogP contribution in [0, 0.1) is 0 Å². The fourth-order valence-electron chi connectivity index (χ4n) is 6.32. The summed E-state index contributed by atoms with van der Waals surface area (Å²) in [4.78, 5) is 0. The molecular formula is C34H68N2O6S2+2. The van der Waals surface area contributed by atoms with Crippen molar-refractivity contribution in [3.8, 4) is 0 Å². The molecule has 0 aromatic rings. The van der Waals surface area contributed by atoms with Crippen LogP contribution in [0.25, 0.3) is 0 Å². The molecule has 0 aliphatic carbocycles. The van der Waals surface area contributed by atoms with E-state index in [9.17, 15) is 25.9 Å². The average molecular weight is 665 g/mol. The van der Waals surface area contributed by atoms with Crippen molar-refractivity contribution < 1.29 is 34.9 Å². The third-order valence-electron chi connectivity index (χ3n) is 9.13. The Hall–Kier alpha value is -0.780. The summed E-state index contributed by atoms with van der Waals surface area (Å²) >= 11 is 0. The van der Waals surface area contributed by atoms with Crippen LogP contribution in [0.4, 0.5) is 0 Å². The van der Waals surface area contributed by atoms with Gasteiger partial charge in [-0.25, -0.2) is 0 Å². The maximum Gasteiger partial charge on any atom is 0.265 e. The van der Waals surface area contributed by atoms with E-state index in [4.69, 9.17) is 0 Å². The molecule has 1 aliphatic rings. The van der Waals surface area contributed by atoms with Crippen molar-refractivity contribution in [1.82, 2.24) is 0 Å². The van der Waals surface area contributed by atoms with Crippen LogP contribution in [0.2, 0.25) is 0 Å². The minimum atomic E-state index is -4.02. The molecule has 0 radical (unpaired) electrons. The van der Waals surface area contributed by atoms with E-state index in [2.05, 4.69) is 38.6 Å². The molecule has 8 nitrogen and oxygen atoms in total. The highest BCUT2D eigenvalue weighted by molar-refractivity contribution is 7.86. The van der Waals surface area contributed by atoms with Gasteiger partial charge in [-0.05, 0) is 25.7 Å². The molecule has 260 valence electrons. The maximum atomic E-state index is 11.4. The summed E-state index contributed by atoms with van der Waals surface area (Å²) < 4.78 is 65.5. The quantitative estimate of drug-likeness (QED) is 0.0451. The summed E-state index contributed by atoms with van der Waals surface area (Å²) in [6.07, 6.45) is 34.5. The molecule has 1 heterocycles. The second kappa shape index (κ2) is 23.5. The molecule has 0 atom stereocenters. The summed E-state index contributed by atoms with van der Waals surface area (Å²) in [6, 6.07) is 0. The Kier molecular flexibility index (Phi) is 22.1. The number of quaternary nitrogens is 2. The molecule has 2 N–H and O–H groups in total. The smallest absolute Gasteiger partial charge is 0.265 e. The van der Waals surface area contributed by atoms with Crippen LogP contribution >= 0.6 is 0 Å². The Bertz CT molecular complexity index is 903. The minimum absolute atomic E-state index is 0.250. The predicted octanol–water partition coefficient (Wildman–Crippen LogP) is 8.97. The highest BCUT2D eigenvalue weighted by Crippen LogP contribution is 2.26. The van der Waals surface area contributed by atoms with Crippen molar-refractivity contribution in [1.29, 1.82) is 0 Å². The second-order valence-corrected chi connectivity index (χ2v) is 16.5. The van der Waals surface area contributed by atoms with Crippen molar-refractivity contribution in [2.24, 2.45) is 0 Å². The number of hydrogen-bond acceptors (Lipinski definition) is 4. The van der Waals surface area contributed by atoms with Gasteiger partial charge in [0.1, 0.15) is 0 Å². The SMILES string of the molecule is CCCCCCCCCCCC[N+]1(CCCS(=O)(=O)O)C=C[N+](CCCCCCCCCCCC)(CCCS(=O)(=O)O)C=C1. The zero-order valence-electron chi connectivity index (χ0n) is 28.3. The standard InChI is InChI=1S/C34H66N2O6S2/c1-3-5-7-9-11-13-15-17-19-21-25-35(27-23-33-43(37,38)39)29-31-36(32-30-35,28-24-34-44(40,41)42)26-22-20-18-16-14-12-10-8-6-4-2/h29-32H,3-28,33-34H2,1-2H3/p+2. The van der Waals surface area contributed by atoms with Crippen molar-refractivity contribution in [3.63, 3.8) is 0 Å². The van der Waals surface area contributed by atoms with Crippen LogP contribution in [0.5, 0.6) is 0 Å². The Balaban J connectivity index is 2.73. The highest BCUT2D eigenvalue weighted by Gasteiger charge is 2.34. The van der Waals surface area contributed by atoms with E-state index in [-0.39, 0.29) is 11.5 Å². The Morgan fingerprint density at radius 3 is 0.864 bits per heavy atom. The molecule has 1 aliphatic heterocycles. The molecule has 0 aromatic carbocycles. The molecule has 0 bridgehead atoms. The van der Waals surface area contributed by atoms with Gasteiger partial charge in [-0.15, -0.1) is 0 Å². The molecule has 10 heteroatoms. The molecule has 0 saturated carbocycles. The zero-order chi connectivity index (χ0) is 32.6. The molecule has 1 rings (SSSR count). The molecule has 0 amide bonds. The molecular weight excluding hydrogens is 597 g/mol. The first-order valence-electron chi connectivity index (χ1n) is 18.0. The van der Waals surface area contributed by atoms with Crippen molar-refractivity contribution in [2.75, 3.05) is 37.7 Å². The van der Waals surface area contributed by atoms with E-state index in [1.54, 1.807) is 0 Å². The third-order valence-corrected chi connectivity index (χ3v) is 10.7. The van der Waals surface area contributed by atoms with Crippen LogP contribution in [0.1, 0.15) is 155 Å². The molecule has 0 aromatic heterocycles. The molecule has 0 unspecified atom stereocenters. The van der Waals surface area contributed by atoms with Crippen molar-refractivity contribution in [3.05, 3.63) is 24.8 Å². The number of unbranched alkanes of at least 4 members (excludes halogenated alkanes) is 18. The monoisotopic (exact) mass is 664 g/mol. The number of nitrogens with zero attached hydrogens (tertiary/aromatic N) is 2. The first-order chi connectivity index (χ1) is 20.9. The largest absolute Gasteiger partial charge is 0.286 e. The van der Waals surface area contributed by atoms with Gasteiger partial charge in [0.05, 0.1) is 37.7 Å². The van der Waals surface area contributed by atoms with Gasteiger partial charge >= 0.3 is 0 Å². The van der Waals surface area contributed by atoms with Crippen LogP contribution < -0.4 is 0 Å². The van der Waals surface area contributed by atoms with Gasteiger partial charge in [-0.1, -0.05) is 117 Å². The zero-order valence-corrected chi connectivity index (χ0v) is 30.0. The normalized spacial score (nSPS) is 20.5. The topological polar surface area (TPSA) is 109 Å². The van der Waals surface area contributed by atoms with Gasteiger partial charge in [0, 0.05) is 12.8 Å². The molecule has 0 spiro atoms. The predicted molar refractivity (Wildman–Crippen MR) is 184 cm³/mol. The first-order valence-corrected chi connectivity index (χ1v) is 21.2. The van der Waals surface area contributed by atoms with Crippen LogP contribution in [-0.2, 0) is 20.2 Å². The Labute approximate surface area is 272 Å². The van der Waals surface area contributed by atoms with E-state index >= 15 is 0 Å². The molecule has 0 saturated heterocycles. The lowest BCUT2D eigenvalue weighted by atomic mass is 10.1. The third kappa shape index (κ3) is 21.9. The van der Waals surface area contributed by atoms with E-state index in [1.165, 1.54) is 103 Å². The summed E-state index contributed by atoms with van der Waals surface area (Å²) in [6.45, 7) is 7.41. The highest BCUT2D eigenvalue weighted by atomic mass is 32.2. The molecule has 0 fully saturated rings. The maximum absolute atomic E-state index is 11.4. The van der Waals surface area contributed by atoms with E-state index in [0.717, 1.165) is 38.8 Å².